The van der Waals surface area contributed by atoms with Gasteiger partial charge in [0.15, 0.2) is 11.5 Å². The zero-order chi connectivity index (χ0) is 18.0. The third-order valence-corrected chi connectivity index (χ3v) is 5.58. The lowest BCUT2D eigenvalue weighted by atomic mass is 9.86. The van der Waals surface area contributed by atoms with Gasteiger partial charge in [-0.15, -0.1) is 17.0 Å². The number of methoxy groups -OCH3 is 2. The zero-order valence-corrected chi connectivity index (χ0v) is 18.3. The number of fused-ring (bicyclic) bond motifs is 1. The van der Waals surface area contributed by atoms with Crippen LogP contribution in [0.3, 0.4) is 0 Å². The second kappa shape index (κ2) is 9.12. The Morgan fingerprint density at radius 1 is 1.08 bits per heavy atom. The van der Waals surface area contributed by atoms with E-state index in [1.807, 2.05) is 12.1 Å². The Morgan fingerprint density at radius 3 is 2.31 bits per heavy atom. The van der Waals surface area contributed by atoms with Gasteiger partial charge in [-0.3, -0.25) is 4.90 Å². The molecule has 1 heterocycles. The van der Waals surface area contributed by atoms with Gasteiger partial charge in [-0.1, -0.05) is 23.7 Å². The lowest BCUT2D eigenvalue weighted by molar-refractivity contribution is 0.158. The molecule has 0 saturated heterocycles. The quantitative estimate of drug-likeness (QED) is 0.614. The maximum atomic E-state index is 6.00. The van der Waals surface area contributed by atoms with Crippen molar-refractivity contribution in [2.24, 2.45) is 0 Å². The van der Waals surface area contributed by atoms with E-state index in [1.165, 1.54) is 16.7 Å². The predicted molar refractivity (Wildman–Crippen MR) is 113 cm³/mol. The average molecular weight is 441 g/mol. The zero-order valence-electron chi connectivity index (χ0n) is 15.8. The van der Waals surface area contributed by atoms with Gasteiger partial charge >= 0.3 is 0 Å². The van der Waals surface area contributed by atoms with Crippen molar-refractivity contribution in [3.8, 4) is 11.5 Å². The van der Waals surface area contributed by atoms with Crippen LogP contribution < -0.4 is 9.47 Å². The maximum Gasteiger partial charge on any atom is 0.161 e. The summed E-state index contributed by atoms with van der Waals surface area (Å²) in [6, 6.07) is 13.3. The third kappa shape index (κ3) is 4.36. The van der Waals surface area contributed by atoms with Crippen LogP contribution in [0.5, 0.6) is 11.5 Å². The molecule has 0 bridgehead atoms. The number of aryl methyl sites for hydroxylation is 1. The van der Waals surface area contributed by atoms with E-state index in [0.29, 0.717) is 12.1 Å². The van der Waals surface area contributed by atoms with Gasteiger partial charge < -0.3 is 9.47 Å². The highest BCUT2D eigenvalue weighted by Gasteiger charge is 2.30. The minimum Gasteiger partial charge on any atom is -0.493 e. The van der Waals surface area contributed by atoms with Gasteiger partial charge in [0.05, 0.1) is 14.2 Å². The van der Waals surface area contributed by atoms with Crippen LogP contribution >= 0.6 is 28.6 Å². The van der Waals surface area contributed by atoms with E-state index < -0.39 is 0 Å². The summed E-state index contributed by atoms with van der Waals surface area (Å²) >= 11 is 6.00. The predicted octanol–water partition coefficient (Wildman–Crippen LogP) is 5.49. The van der Waals surface area contributed by atoms with E-state index >= 15 is 0 Å². The molecule has 5 heteroatoms. The summed E-state index contributed by atoms with van der Waals surface area (Å²) in [6.07, 6.45) is 3.11. The van der Waals surface area contributed by atoms with Crippen LogP contribution in [0.2, 0.25) is 5.02 Å². The minimum atomic E-state index is 0. The Morgan fingerprint density at radius 2 is 1.69 bits per heavy atom. The molecule has 3 rings (SSSR count). The second-order valence-corrected chi connectivity index (χ2v) is 7.24. The minimum absolute atomic E-state index is 0. The van der Waals surface area contributed by atoms with Crippen molar-refractivity contribution in [1.29, 1.82) is 0 Å². The Balaban J connectivity index is 0.00000243. The molecule has 0 amide bonds. The van der Waals surface area contributed by atoms with E-state index in [9.17, 15) is 0 Å². The van der Waals surface area contributed by atoms with Crippen molar-refractivity contribution in [2.45, 2.75) is 38.3 Å². The Bertz CT molecular complexity index is 736. The third-order valence-electron chi connectivity index (χ3n) is 5.33. The molecule has 0 aliphatic carbocycles. The van der Waals surface area contributed by atoms with Crippen molar-refractivity contribution in [3.05, 3.63) is 58.1 Å². The standard InChI is InChI=1S/C21H26ClNO2.BrH/c1-14-11-16-12-20(24-3)21(25-4)13-18(16)19(23(14)2)10-7-15-5-8-17(22)9-6-15;/h5-6,8-9,12-14,19H,7,10-11H2,1-4H3;1H. The Labute approximate surface area is 172 Å². The summed E-state index contributed by atoms with van der Waals surface area (Å²) in [7, 11) is 5.61. The summed E-state index contributed by atoms with van der Waals surface area (Å²) in [5.74, 6) is 1.62. The fourth-order valence-corrected chi connectivity index (χ4v) is 3.85. The summed E-state index contributed by atoms with van der Waals surface area (Å²) < 4.78 is 11.0. The van der Waals surface area contributed by atoms with Gasteiger partial charge in [0.25, 0.3) is 0 Å². The van der Waals surface area contributed by atoms with Crippen molar-refractivity contribution in [3.63, 3.8) is 0 Å². The number of rotatable bonds is 5. The summed E-state index contributed by atoms with van der Waals surface area (Å²) in [6.45, 7) is 2.29. The molecule has 1 aliphatic heterocycles. The number of halogens is 2. The Hall–Kier alpha value is -1.23. The van der Waals surface area contributed by atoms with Crippen molar-refractivity contribution >= 4 is 28.6 Å². The number of hydrogen-bond acceptors (Lipinski definition) is 3. The molecule has 2 aromatic carbocycles. The van der Waals surface area contributed by atoms with Crippen LogP contribution in [-0.4, -0.2) is 32.2 Å². The first-order valence-corrected chi connectivity index (χ1v) is 9.12. The first kappa shape index (κ1) is 21.1. The van der Waals surface area contributed by atoms with Crippen molar-refractivity contribution < 1.29 is 9.47 Å². The second-order valence-electron chi connectivity index (χ2n) is 6.81. The summed E-state index contributed by atoms with van der Waals surface area (Å²) in [5.41, 5.74) is 4.04. The number of nitrogens with zero attached hydrogens (tertiary/aromatic N) is 1. The molecular weight excluding hydrogens is 414 g/mol. The largest absolute Gasteiger partial charge is 0.493 e. The van der Waals surface area contributed by atoms with Gasteiger partial charge in [-0.05, 0) is 74.2 Å². The monoisotopic (exact) mass is 439 g/mol. The van der Waals surface area contributed by atoms with Gasteiger partial charge in [0.2, 0.25) is 0 Å². The van der Waals surface area contributed by atoms with Gasteiger partial charge in [0, 0.05) is 17.1 Å². The average Bonchev–Trinajstić information content (AvgIpc) is 2.62. The van der Waals surface area contributed by atoms with Crippen LogP contribution in [0.15, 0.2) is 36.4 Å². The maximum absolute atomic E-state index is 6.00. The smallest absolute Gasteiger partial charge is 0.161 e. The fraction of sp³-hybridized carbons (Fsp3) is 0.429. The van der Waals surface area contributed by atoms with Gasteiger partial charge in [0.1, 0.15) is 0 Å². The van der Waals surface area contributed by atoms with E-state index in [-0.39, 0.29) is 17.0 Å². The molecule has 0 spiro atoms. The van der Waals surface area contributed by atoms with Crippen molar-refractivity contribution in [1.82, 2.24) is 4.90 Å². The first-order valence-electron chi connectivity index (χ1n) is 8.74. The van der Waals surface area contributed by atoms with E-state index in [0.717, 1.165) is 35.8 Å². The van der Waals surface area contributed by atoms with Gasteiger partial charge in [-0.2, -0.15) is 0 Å². The number of benzene rings is 2. The molecule has 0 saturated carbocycles. The van der Waals surface area contributed by atoms with Crippen LogP contribution in [0.1, 0.15) is 36.1 Å². The molecule has 2 unspecified atom stereocenters. The van der Waals surface area contributed by atoms with E-state index in [4.69, 9.17) is 21.1 Å². The van der Waals surface area contributed by atoms with Crippen LogP contribution in [-0.2, 0) is 12.8 Å². The van der Waals surface area contributed by atoms with Crippen LogP contribution in [0, 0.1) is 0 Å². The lowest BCUT2D eigenvalue weighted by Crippen LogP contribution is -2.39. The fourth-order valence-electron chi connectivity index (χ4n) is 3.73. The SMILES string of the molecule is Br.COc1cc2c(cc1OC)C(CCc1ccc(Cl)cc1)N(C)C(C)C2. The number of hydrogen-bond donors (Lipinski definition) is 0. The topological polar surface area (TPSA) is 21.7 Å². The molecular formula is C21H27BrClNO2. The summed E-state index contributed by atoms with van der Waals surface area (Å²) in [4.78, 5) is 2.48. The van der Waals surface area contributed by atoms with Crippen molar-refractivity contribution in [2.75, 3.05) is 21.3 Å². The molecule has 26 heavy (non-hydrogen) atoms. The molecule has 142 valence electrons. The number of ether oxygens (including phenoxy) is 2. The molecule has 0 N–H and O–H groups in total. The summed E-state index contributed by atoms with van der Waals surface area (Å²) in [5, 5.41) is 0.786. The molecule has 2 aromatic rings. The highest BCUT2D eigenvalue weighted by molar-refractivity contribution is 8.93. The van der Waals surface area contributed by atoms with E-state index in [2.05, 4.69) is 43.1 Å². The number of likely N-dealkylation sites (N-methyl/N-ethyl adjacent to an activating group) is 1. The highest BCUT2D eigenvalue weighted by Crippen LogP contribution is 2.40. The molecule has 0 aromatic heterocycles. The molecule has 3 nitrogen and oxygen atoms in total. The Kier molecular flexibility index (Phi) is 7.39. The van der Waals surface area contributed by atoms with Gasteiger partial charge in [-0.25, -0.2) is 0 Å². The molecule has 1 aliphatic rings. The lowest BCUT2D eigenvalue weighted by Gasteiger charge is -2.40. The molecule has 0 fully saturated rings. The van der Waals surface area contributed by atoms with Crippen LogP contribution in [0.25, 0.3) is 0 Å². The first-order chi connectivity index (χ1) is 12.0. The van der Waals surface area contributed by atoms with E-state index in [1.54, 1.807) is 14.2 Å². The molecule has 2 atom stereocenters. The van der Waals surface area contributed by atoms with Crippen LogP contribution in [0.4, 0.5) is 0 Å². The highest BCUT2D eigenvalue weighted by atomic mass is 79.9. The molecule has 0 radical (unpaired) electrons. The normalized spacial score (nSPS) is 19.4.